The fourth-order valence-corrected chi connectivity index (χ4v) is 3.16. The highest BCUT2D eigenvalue weighted by Crippen LogP contribution is 2.41. The summed E-state index contributed by atoms with van der Waals surface area (Å²) in [5.41, 5.74) is 4.35. The smallest absolute Gasteiger partial charge is 0.0541 e. The first kappa shape index (κ1) is 13.3. The highest BCUT2D eigenvalue weighted by Gasteiger charge is 2.31. The van der Waals surface area contributed by atoms with Gasteiger partial charge in [0.25, 0.3) is 0 Å². The zero-order valence-corrected chi connectivity index (χ0v) is 12.3. The number of hydrogen-bond acceptors (Lipinski definition) is 2. The Bertz CT molecular complexity index is 575. The lowest BCUT2D eigenvalue weighted by Crippen LogP contribution is -2.32. The molecule has 0 saturated heterocycles. The van der Waals surface area contributed by atoms with Gasteiger partial charge in [-0.3, -0.25) is 4.98 Å². The molecule has 0 saturated carbocycles. The van der Waals surface area contributed by atoms with Crippen LogP contribution in [0.1, 0.15) is 49.6 Å². The average Bonchev–Trinajstić information content (AvgIpc) is 2.48. The molecule has 0 radical (unpaired) electrons. The van der Waals surface area contributed by atoms with Gasteiger partial charge in [-0.05, 0) is 41.5 Å². The summed E-state index contributed by atoms with van der Waals surface area (Å²) < 4.78 is 0. The number of aromatic nitrogens is 1. The van der Waals surface area contributed by atoms with Gasteiger partial charge in [0.15, 0.2) is 0 Å². The maximum absolute atomic E-state index is 4.39. The van der Waals surface area contributed by atoms with Crippen molar-refractivity contribution in [2.75, 3.05) is 0 Å². The lowest BCUT2D eigenvalue weighted by molar-refractivity contribution is 0.356. The molecule has 2 heteroatoms. The molecular weight excluding hydrogens is 244 g/mol. The fraction of sp³-hybridized carbons (Fsp3) is 0.389. The lowest BCUT2D eigenvalue weighted by Gasteiger charge is -2.37. The third-order valence-electron chi connectivity index (χ3n) is 4.38. The standard InChI is InChI=1S/C18H22N2/c1-18(2)11-10-17(15-8-3-4-9-16(15)18)20-13-14-7-5-6-12-19-14/h3-9,12,17,20H,10-11,13H2,1-2H3. The summed E-state index contributed by atoms with van der Waals surface area (Å²) in [6.07, 6.45) is 4.27. The molecule has 2 aromatic rings. The highest BCUT2D eigenvalue weighted by atomic mass is 14.9. The Balaban J connectivity index is 1.79. The predicted molar refractivity (Wildman–Crippen MR) is 82.5 cm³/mol. The second-order valence-electron chi connectivity index (χ2n) is 6.26. The molecule has 0 amide bonds. The lowest BCUT2D eigenvalue weighted by atomic mass is 9.71. The van der Waals surface area contributed by atoms with Crippen molar-refractivity contribution in [1.82, 2.24) is 10.3 Å². The Morgan fingerprint density at radius 2 is 1.95 bits per heavy atom. The van der Waals surface area contributed by atoms with E-state index in [2.05, 4.69) is 54.5 Å². The third-order valence-corrected chi connectivity index (χ3v) is 4.38. The molecular formula is C18H22N2. The van der Waals surface area contributed by atoms with Crippen LogP contribution in [-0.2, 0) is 12.0 Å². The van der Waals surface area contributed by atoms with Crippen LogP contribution >= 0.6 is 0 Å². The second-order valence-corrected chi connectivity index (χ2v) is 6.26. The predicted octanol–water partition coefficient (Wildman–Crippen LogP) is 3.98. The van der Waals surface area contributed by atoms with Gasteiger partial charge < -0.3 is 5.32 Å². The number of benzene rings is 1. The van der Waals surface area contributed by atoms with E-state index in [0.717, 1.165) is 12.2 Å². The van der Waals surface area contributed by atoms with Gasteiger partial charge in [0.2, 0.25) is 0 Å². The largest absolute Gasteiger partial charge is 0.304 e. The van der Waals surface area contributed by atoms with Crippen molar-refractivity contribution in [2.45, 2.75) is 44.7 Å². The Labute approximate surface area is 121 Å². The van der Waals surface area contributed by atoms with Crippen molar-refractivity contribution >= 4 is 0 Å². The molecule has 1 aromatic heterocycles. The van der Waals surface area contributed by atoms with Gasteiger partial charge in [0, 0.05) is 18.8 Å². The van der Waals surface area contributed by atoms with Gasteiger partial charge in [0.05, 0.1) is 5.69 Å². The van der Waals surface area contributed by atoms with Gasteiger partial charge >= 0.3 is 0 Å². The molecule has 0 spiro atoms. The molecule has 0 fully saturated rings. The summed E-state index contributed by atoms with van der Waals surface area (Å²) in [7, 11) is 0. The number of rotatable bonds is 3. The molecule has 1 unspecified atom stereocenters. The van der Waals surface area contributed by atoms with E-state index in [1.54, 1.807) is 0 Å². The highest BCUT2D eigenvalue weighted by molar-refractivity contribution is 5.38. The summed E-state index contributed by atoms with van der Waals surface area (Å²) >= 11 is 0. The van der Waals surface area contributed by atoms with E-state index in [0.29, 0.717) is 11.5 Å². The van der Waals surface area contributed by atoms with Crippen molar-refractivity contribution in [2.24, 2.45) is 0 Å². The van der Waals surface area contributed by atoms with Crippen molar-refractivity contribution in [3.05, 3.63) is 65.5 Å². The summed E-state index contributed by atoms with van der Waals surface area (Å²) in [6.45, 7) is 5.53. The Morgan fingerprint density at radius 1 is 1.15 bits per heavy atom. The Morgan fingerprint density at radius 3 is 2.75 bits per heavy atom. The molecule has 1 aliphatic carbocycles. The average molecular weight is 266 g/mol. The fourth-order valence-electron chi connectivity index (χ4n) is 3.16. The van der Waals surface area contributed by atoms with Crippen LogP contribution in [0.3, 0.4) is 0 Å². The van der Waals surface area contributed by atoms with Crippen LogP contribution in [0.4, 0.5) is 0 Å². The van der Waals surface area contributed by atoms with E-state index < -0.39 is 0 Å². The summed E-state index contributed by atoms with van der Waals surface area (Å²) in [6, 6.07) is 15.4. The van der Waals surface area contributed by atoms with Crippen molar-refractivity contribution in [3.8, 4) is 0 Å². The first-order chi connectivity index (χ1) is 9.67. The molecule has 1 N–H and O–H groups in total. The first-order valence-corrected chi connectivity index (χ1v) is 7.39. The van der Waals surface area contributed by atoms with Gasteiger partial charge in [-0.1, -0.05) is 44.2 Å². The summed E-state index contributed by atoms with van der Waals surface area (Å²) in [4.78, 5) is 4.39. The minimum Gasteiger partial charge on any atom is -0.304 e. The molecule has 1 atom stereocenters. The normalized spacial score (nSPS) is 20.4. The summed E-state index contributed by atoms with van der Waals surface area (Å²) in [5, 5.41) is 3.67. The van der Waals surface area contributed by atoms with Gasteiger partial charge in [0.1, 0.15) is 0 Å². The van der Waals surface area contributed by atoms with Crippen LogP contribution < -0.4 is 5.32 Å². The quantitative estimate of drug-likeness (QED) is 0.908. The van der Waals surface area contributed by atoms with Crippen LogP contribution in [0.2, 0.25) is 0 Å². The van der Waals surface area contributed by atoms with Gasteiger partial charge in [-0.25, -0.2) is 0 Å². The third kappa shape index (κ3) is 2.61. The van der Waals surface area contributed by atoms with E-state index in [-0.39, 0.29) is 0 Å². The van der Waals surface area contributed by atoms with E-state index in [9.17, 15) is 0 Å². The van der Waals surface area contributed by atoms with E-state index in [1.807, 2.05) is 18.3 Å². The molecule has 1 aliphatic rings. The van der Waals surface area contributed by atoms with E-state index in [1.165, 1.54) is 24.0 Å². The number of fused-ring (bicyclic) bond motifs is 1. The SMILES string of the molecule is CC1(C)CCC(NCc2ccccn2)c2ccccc21. The Hall–Kier alpha value is -1.67. The maximum atomic E-state index is 4.39. The molecule has 1 heterocycles. The van der Waals surface area contributed by atoms with Crippen LogP contribution in [0.15, 0.2) is 48.7 Å². The second kappa shape index (κ2) is 5.37. The first-order valence-electron chi connectivity index (χ1n) is 7.39. The van der Waals surface area contributed by atoms with Gasteiger partial charge in [-0.15, -0.1) is 0 Å². The molecule has 104 valence electrons. The monoisotopic (exact) mass is 266 g/mol. The zero-order chi connectivity index (χ0) is 14.0. The van der Waals surface area contributed by atoms with Crippen molar-refractivity contribution in [3.63, 3.8) is 0 Å². The van der Waals surface area contributed by atoms with Crippen LogP contribution in [-0.4, -0.2) is 4.98 Å². The number of nitrogens with zero attached hydrogens (tertiary/aromatic N) is 1. The minimum atomic E-state index is 0.291. The van der Waals surface area contributed by atoms with Crippen molar-refractivity contribution < 1.29 is 0 Å². The molecule has 1 aromatic carbocycles. The molecule has 3 rings (SSSR count). The van der Waals surface area contributed by atoms with E-state index in [4.69, 9.17) is 0 Å². The van der Waals surface area contributed by atoms with Gasteiger partial charge in [-0.2, -0.15) is 0 Å². The van der Waals surface area contributed by atoms with E-state index >= 15 is 0 Å². The van der Waals surface area contributed by atoms with Crippen LogP contribution in [0.25, 0.3) is 0 Å². The number of pyridine rings is 1. The minimum absolute atomic E-state index is 0.291. The number of hydrogen-bond donors (Lipinski definition) is 1. The van der Waals surface area contributed by atoms with Crippen LogP contribution in [0, 0.1) is 0 Å². The maximum Gasteiger partial charge on any atom is 0.0541 e. The molecule has 0 aliphatic heterocycles. The van der Waals surface area contributed by atoms with Crippen LogP contribution in [0.5, 0.6) is 0 Å². The molecule has 2 nitrogen and oxygen atoms in total. The molecule has 0 bridgehead atoms. The Kier molecular flexibility index (Phi) is 3.58. The zero-order valence-electron chi connectivity index (χ0n) is 12.3. The number of nitrogens with one attached hydrogen (secondary N) is 1. The molecule has 20 heavy (non-hydrogen) atoms. The van der Waals surface area contributed by atoms with Crippen molar-refractivity contribution in [1.29, 1.82) is 0 Å². The topological polar surface area (TPSA) is 24.9 Å². The summed E-state index contributed by atoms with van der Waals surface area (Å²) in [5.74, 6) is 0.